The Hall–Kier alpha value is -0.0500. The van der Waals surface area contributed by atoms with Crippen molar-refractivity contribution in [3.8, 4) is 0 Å². The first kappa shape index (κ1) is 15.0. The molecule has 2 nitrogen and oxygen atoms in total. The van der Waals surface area contributed by atoms with E-state index in [9.17, 15) is 4.79 Å². The SMILES string of the molecule is CC(C)CC(Br)CNC(=O)C1CCCC1(C)C. The molecule has 0 aromatic heterocycles. The van der Waals surface area contributed by atoms with Crippen LogP contribution in [-0.2, 0) is 4.79 Å². The van der Waals surface area contributed by atoms with Crippen molar-refractivity contribution in [2.45, 2.75) is 58.2 Å². The maximum absolute atomic E-state index is 12.1. The Morgan fingerprint density at radius 1 is 1.47 bits per heavy atom. The summed E-state index contributed by atoms with van der Waals surface area (Å²) < 4.78 is 0. The highest BCUT2D eigenvalue weighted by atomic mass is 79.9. The maximum atomic E-state index is 12.1. The predicted molar refractivity (Wildman–Crippen MR) is 76.3 cm³/mol. The number of alkyl halides is 1. The van der Waals surface area contributed by atoms with Crippen molar-refractivity contribution in [1.29, 1.82) is 0 Å². The molecule has 3 heteroatoms. The molecule has 1 aliphatic carbocycles. The number of halogens is 1. The van der Waals surface area contributed by atoms with Crippen molar-refractivity contribution in [3.05, 3.63) is 0 Å². The van der Waals surface area contributed by atoms with Gasteiger partial charge in [-0.3, -0.25) is 4.79 Å². The lowest BCUT2D eigenvalue weighted by molar-refractivity contribution is -0.127. The van der Waals surface area contributed by atoms with Gasteiger partial charge in [0.05, 0.1) is 0 Å². The van der Waals surface area contributed by atoms with E-state index >= 15 is 0 Å². The number of carbonyl (C=O) groups is 1. The molecule has 0 saturated heterocycles. The van der Waals surface area contributed by atoms with Crippen LogP contribution in [0.25, 0.3) is 0 Å². The van der Waals surface area contributed by atoms with E-state index < -0.39 is 0 Å². The van der Waals surface area contributed by atoms with Crippen LogP contribution in [-0.4, -0.2) is 17.3 Å². The summed E-state index contributed by atoms with van der Waals surface area (Å²) >= 11 is 3.63. The molecule has 2 unspecified atom stereocenters. The molecule has 0 bridgehead atoms. The van der Waals surface area contributed by atoms with Gasteiger partial charge in [-0.1, -0.05) is 50.0 Å². The second-order valence-electron chi connectivity index (χ2n) is 6.41. The standard InChI is InChI=1S/C14H26BrNO/c1-10(2)8-11(15)9-16-13(17)12-6-5-7-14(12,3)4/h10-12H,5-9H2,1-4H3,(H,16,17). The lowest BCUT2D eigenvalue weighted by atomic mass is 9.81. The molecule has 1 amide bonds. The van der Waals surface area contributed by atoms with Crippen molar-refractivity contribution in [2.75, 3.05) is 6.54 Å². The number of carbonyl (C=O) groups excluding carboxylic acids is 1. The summed E-state index contributed by atoms with van der Waals surface area (Å²) in [6.07, 6.45) is 4.52. The zero-order valence-corrected chi connectivity index (χ0v) is 13.1. The molecule has 1 fully saturated rings. The molecule has 1 aliphatic rings. The summed E-state index contributed by atoms with van der Waals surface area (Å²) in [6, 6.07) is 0. The van der Waals surface area contributed by atoms with Gasteiger partial charge in [-0.15, -0.1) is 0 Å². The number of rotatable bonds is 5. The largest absolute Gasteiger partial charge is 0.355 e. The fourth-order valence-corrected chi connectivity index (χ4v) is 3.65. The van der Waals surface area contributed by atoms with Gasteiger partial charge in [-0.25, -0.2) is 0 Å². The molecule has 1 saturated carbocycles. The van der Waals surface area contributed by atoms with Crippen LogP contribution >= 0.6 is 15.9 Å². The monoisotopic (exact) mass is 303 g/mol. The minimum atomic E-state index is 0.184. The molecule has 0 aromatic carbocycles. The van der Waals surface area contributed by atoms with Crippen molar-refractivity contribution in [3.63, 3.8) is 0 Å². The van der Waals surface area contributed by atoms with Gasteiger partial charge in [0.1, 0.15) is 0 Å². The van der Waals surface area contributed by atoms with Crippen LogP contribution in [0.4, 0.5) is 0 Å². The summed E-state index contributed by atoms with van der Waals surface area (Å²) in [6.45, 7) is 9.59. The molecule has 2 atom stereocenters. The Morgan fingerprint density at radius 3 is 2.59 bits per heavy atom. The lowest BCUT2D eigenvalue weighted by Crippen LogP contribution is -2.38. The molecular formula is C14H26BrNO. The van der Waals surface area contributed by atoms with Gasteiger partial charge < -0.3 is 5.32 Å². The van der Waals surface area contributed by atoms with E-state index in [0.29, 0.717) is 10.7 Å². The summed E-state index contributed by atoms with van der Waals surface area (Å²) in [7, 11) is 0. The Morgan fingerprint density at radius 2 is 2.12 bits per heavy atom. The second-order valence-corrected chi connectivity index (χ2v) is 7.70. The second kappa shape index (κ2) is 6.21. The molecule has 0 spiro atoms. The Labute approximate surface area is 114 Å². The van der Waals surface area contributed by atoms with Crippen LogP contribution in [0.2, 0.25) is 0 Å². The van der Waals surface area contributed by atoms with E-state index in [-0.39, 0.29) is 17.2 Å². The number of amides is 1. The van der Waals surface area contributed by atoms with Gasteiger partial charge in [0.25, 0.3) is 0 Å². The quantitative estimate of drug-likeness (QED) is 0.770. The zero-order chi connectivity index (χ0) is 13.1. The number of hydrogen-bond donors (Lipinski definition) is 1. The fraction of sp³-hybridized carbons (Fsp3) is 0.929. The average Bonchev–Trinajstić information content (AvgIpc) is 2.53. The molecule has 1 rings (SSSR count). The van der Waals surface area contributed by atoms with Gasteiger partial charge in [0.2, 0.25) is 5.91 Å². The number of hydrogen-bond acceptors (Lipinski definition) is 1. The van der Waals surface area contributed by atoms with Crippen LogP contribution in [0.5, 0.6) is 0 Å². The molecule has 100 valence electrons. The Balaban J connectivity index is 2.35. The first-order valence-electron chi connectivity index (χ1n) is 6.74. The Kier molecular flexibility index (Phi) is 5.49. The Bertz CT molecular complexity index is 263. The molecule has 17 heavy (non-hydrogen) atoms. The molecule has 0 aromatic rings. The molecule has 0 aliphatic heterocycles. The first-order chi connectivity index (χ1) is 7.83. The van der Waals surface area contributed by atoms with Crippen molar-refractivity contribution in [1.82, 2.24) is 5.32 Å². The van der Waals surface area contributed by atoms with Crippen LogP contribution < -0.4 is 5.32 Å². The van der Waals surface area contributed by atoms with E-state index in [1.807, 2.05) is 0 Å². The maximum Gasteiger partial charge on any atom is 0.223 e. The third-order valence-electron chi connectivity index (χ3n) is 3.80. The molecule has 1 N–H and O–H groups in total. The van der Waals surface area contributed by atoms with Crippen molar-refractivity contribution >= 4 is 21.8 Å². The van der Waals surface area contributed by atoms with Gasteiger partial charge >= 0.3 is 0 Å². The van der Waals surface area contributed by atoms with E-state index in [0.717, 1.165) is 19.4 Å². The summed E-state index contributed by atoms with van der Waals surface area (Å²) in [5, 5.41) is 3.10. The van der Waals surface area contributed by atoms with Crippen LogP contribution in [0.1, 0.15) is 53.4 Å². The summed E-state index contributed by atoms with van der Waals surface area (Å²) in [5.41, 5.74) is 0.184. The lowest BCUT2D eigenvalue weighted by Gasteiger charge is -2.26. The van der Waals surface area contributed by atoms with Gasteiger partial charge in [0.15, 0.2) is 0 Å². The average molecular weight is 304 g/mol. The van der Waals surface area contributed by atoms with Gasteiger partial charge in [0, 0.05) is 17.3 Å². The molecular weight excluding hydrogens is 278 g/mol. The molecule has 0 radical (unpaired) electrons. The first-order valence-corrected chi connectivity index (χ1v) is 7.66. The summed E-state index contributed by atoms with van der Waals surface area (Å²) in [4.78, 5) is 12.5. The normalized spacial score (nSPS) is 24.9. The van der Waals surface area contributed by atoms with Crippen LogP contribution in [0, 0.1) is 17.3 Å². The highest BCUT2D eigenvalue weighted by molar-refractivity contribution is 9.09. The van der Waals surface area contributed by atoms with Crippen LogP contribution in [0.15, 0.2) is 0 Å². The zero-order valence-electron chi connectivity index (χ0n) is 11.6. The van der Waals surface area contributed by atoms with E-state index in [1.165, 1.54) is 12.8 Å². The van der Waals surface area contributed by atoms with E-state index in [2.05, 4.69) is 48.9 Å². The third-order valence-corrected chi connectivity index (χ3v) is 4.50. The van der Waals surface area contributed by atoms with Gasteiger partial charge in [-0.2, -0.15) is 0 Å². The summed E-state index contributed by atoms with van der Waals surface area (Å²) in [5.74, 6) is 1.13. The topological polar surface area (TPSA) is 29.1 Å². The highest BCUT2D eigenvalue weighted by Gasteiger charge is 2.39. The minimum Gasteiger partial charge on any atom is -0.355 e. The highest BCUT2D eigenvalue weighted by Crippen LogP contribution is 2.42. The number of nitrogens with one attached hydrogen (secondary N) is 1. The van der Waals surface area contributed by atoms with Gasteiger partial charge in [-0.05, 0) is 30.6 Å². The predicted octanol–water partition coefficient (Wildman–Crippen LogP) is 3.74. The fourth-order valence-electron chi connectivity index (χ4n) is 2.74. The molecule has 0 heterocycles. The third kappa shape index (κ3) is 4.61. The van der Waals surface area contributed by atoms with E-state index in [1.54, 1.807) is 0 Å². The smallest absolute Gasteiger partial charge is 0.223 e. The minimum absolute atomic E-state index is 0.184. The van der Waals surface area contributed by atoms with Crippen molar-refractivity contribution < 1.29 is 4.79 Å². The van der Waals surface area contributed by atoms with E-state index in [4.69, 9.17) is 0 Å². The van der Waals surface area contributed by atoms with Crippen LogP contribution in [0.3, 0.4) is 0 Å². The van der Waals surface area contributed by atoms with Crippen molar-refractivity contribution in [2.24, 2.45) is 17.3 Å².